The van der Waals surface area contributed by atoms with Crippen molar-refractivity contribution in [1.82, 2.24) is 0 Å². The number of aliphatic carboxylic acids is 1. The Balaban J connectivity index is 0. The van der Waals surface area contributed by atoms with Crippen LogP contribution >= 0.6 is 0 Å². The molecular weight excluding hydrogens is 392 g/mol. The molecular formula is C22H46O6S. The van der Waals surface area contributed by atoms with E-state index in [0.29, 0.717) is 6.42 Å². The summed E-state index contributed by atoms with van der Waals surface area (Å²) in [5.74, 6) is -0.651. The molecule has 0 heterocycles. The highest BCUT2D eigenvalue weighted by atomic mass is 32.3. The van der Waals surface area contributed by atoms with E-state index in [1.165, 1.54) is 109 Å². The standard InChI is InChI=1S/C22H44O2.H2O4S/c1-2-3-4-5-6-7-8-9-10-11-12-13-14-15-16-17-18-19-20-21-22(23)24;1-5(2,3)4/h2-21H2,1H3,(H,23,24);(H2,1,2,3,4). The van der Waals surface area contributed by atoms with Crippen LogP contribution in [0.2, 0.25) is 0 Å². The van der Waals surface area contributed by atoms with Crippen molar-refractivity contribution in [2.75, 3.05) is 0 Å². The van der Waals surface area contributed by atoms with E-state index in [9.17, 15) is 4.79 Å². The molecule has 0 unspecified atom stereocenters. The molecule has 29 heavy (non-hydrogen) atoms. The summed E-state index contributed by atoms with van der Waals surface area (Å²) in [6, 6.07) is 0. The van der Waals surface area contributed by atoms with Crippen molar-refractivity contribution in [3.63, 3.8) is 0 Å². The van der Waals surface area contributed by atoms with Gasteiger partial charge in [0.2, 0.25) is 0 Å². The lowest BCUT2D eigenvalue weighted by Gasteiger charge is -2.03. The molecule has 0 aromatic heterocycles. The molecule has 0 radical (unpaired) electrons. The SMILES string of the molecule is CCCCCCCCCCCCCCCCCCCCCC(=O)O.O=S(=O)(O)O. The summed E-state index contributed by atoms with van der Waals surface area (Å²) in [7, 11) is -4.67. The minimum Gasteiger partial charge on any atom is -0.481 e. The minimum absolute atomic E-state index is 0.346. The van der Waals surface area contributed by atoms with E-state index in [0.717, 1.165) is 12.8 Å². The molecule has 0 aliphatic rings. The summed E-state index contributed by atoms with van der Waals surface area (Å²) < 4.78 is 31.6. The maximum atomic E-state index is 10.4. The summed E-state index contributed by atoms with van der Waals surface area (Å²) >= 11 is 0. The van der Waals surface area contributed by atoms with Gasteiger partial charge in [-0.25, -0.2) is 0 Å². The number of unbranched alkanes of at least 4 members (excludes halogenated alkanes) is 18. The second-order valence-electron chi connectivity index (χ2n) is 7.96. The monoisotopic (exact) mass is 438 g/mol. The van der Waals surface area contributed by atoms with E-state index in [1.807, 2.05) is 0 Å². The number of carboxylic acids is 1. The summed E-state index contributed by atoms with van der Waals surface area (Å²) in [6.45, 7) is 2.28. The lowest BCUT2D eigenvalue weighted by Crippen LogP contribution is -1.93. The molecule has 6 nitrogen and oxygen atoms in total. The zero-order chi connectivity index (χ0) is 22.2. The van der Waals surface area contributed by atoms with Gasteiger partial charge in [-0.05, 0) is 6.42 Å². The van der Waals surface area contributed by atoms with Crippen LogP contribution in [0, 0.1) is 0 Å². The Morgan fingerprint density at radius 1 is 0.552 bits per heavy atom. The van der Waals surface area contributed by atoms with Crippen molar-refractivity contribution in [2.45, 2.75) is 135 Å². The zero-order valence-corrected chi connectivity index (χ0v) is 19.4. The molecule has 0 saturated carbocycles. The van der Waals surface area contributed by atoms with Gasteiger partial charge >= 0.3 is 16.4 Å². The molecule has 0 amide bonds. The van der Waals surface area contributed by atoms with Crippen LogP contribution in [0.1, 0.15) is 135 Å². The molecule has 0 spiro atoms. The summed E-state index contributed by atoms with van der Waals surface area (Å²) in [5.41, 5.74) is 0. The Morgan fingerprint density at radius 2 is 0.759 bits per heavy atom. The Bertz CT molecular complexity index is 429. The van der Waals surface area contributed by atoms with Crippen molar-refractivity contribution in [3.8, 4) is 0 Å². The van der Waals surface area contributed by atoms with E-state index >= 15 is 0 Å². The van der Waals surface area contributed by atoms with E-state index in [2.05, 4.69) is 6.92 Å². The summed E-state index contributed by atoms with van der Waals surface area (Å²) in [6.07, 6.45) is 26.1. The average molecular weight is 439 g/mol. The minimum atomic E-state index is -4.67. The molecule has 0 fully saturated rings. The molecule has 0 aromatic rings. The molecule has 7 heteroatoms. The van der Waals surface area contributed by atoms with Crippen LogP contribution < -0.4 is 0 Å². The van der Waals surface area contributed by atoms with E-state index in [-0.39, 0.29) is 0 Å². The fourth-order valence-corrected chi connectivity index (χ4v) is 3.35. The average Bonchev–Trinajstić information content (AvgIpc) is 2.62. The normalized spacial score (nSPS) is 11.1. The van der Waals surface area contributed by atoms with Crippen LogP contribution in [0.3, 0.4) is 0 Å². The molecule has 0 aromatic carbocycles. The van der Waals surface area contributed by atoms with Crippen molar-refractivity contribution in [2.24, 2.45) is 0 Å². The fraction of sp³-hybridized carbons (Fsp3) is 0.955. The molecule has 0 aliphatic carbocycles. The lowest BCUT2D eigenvalue weighted by atomic mass is 10.0. The Labute approximate surface area is 179 Å². The first kappa shape index (κ1) is 30.5. The van der Waals surface area contributed by atoms with Gasteiger partial charge < -0.3 is 5.11 Å². The van der Waals surface area contributed by atoms with Crippen molar-refractivity contribution in [3.05, 3.63) is 0 Å². The fourth-order valence-electron chi connectivity index (χ4n) is 3.35. The topological polar surface area (TPSA) is 112 Å². The van der Waals surface area contributed by atoms with Gasteiger partial charge in [-0.2, -0.15) is 8.42 Å². The molecule has 176 valence electrons. The summed E-state index contributed by atoms with van der Waals surface area (Å²) in [4.78, 5) is 10.4. The molecule has 0 bridgehead atoms. The Hall–Kier alpha value is -0.660. The van der Waals surface area contributed by atoms with Crippen molar-refractivity contribution >= 4 is 16.4 Å². The van der Waals surface area contributed by atoms with Gasteiger partial charge in [-0.15, -0.1) is 0 Å². The molecule has 3 N–H and O–H groups in total. The Morgan fingerprint density at radius 3 is 0.966 bits per heavy atom. The molecule has 0 atom stereocenters. The number of carbonyl (C=O) groups is 1. The number of rotatable bonds is 20. The maximum Gasteiger partial charge on any atom is 0.394 e. The number of carboxylic acid groups (broad SMARTS) is 1. The maximum absolute atomic E-state index is 10.4. The molecule has 0 rings (SSSR count). The molecule has 0 aliphatic heterocycles. The highest BCUT2D eigenvalue weighted by Crippen LogP contribution is 2.14. The third-order valence-electron chi connectivity index (χ3n) is 4.99. The van der Waals surface area contributed by atoms with Crippen molar-refractivity contribution < 1.29 is 27.4 Å². The highest BCUT2D eigenvalue weighted by molar-refractivity contribution is 7.79. The first-order valence-corrected chi connectivity index (χ1v) is 13.1. The second-order valence-corrected chi connectivity index (χ2v) is 8.85. The predicted octanol–water partition coefficient (Wildman–Crippen LogP) is 7.24. The van der Waals surface area contributed by atoms with E-state index < -0.39 is 16.4 Å². The Kier molecular flexibility index (Phi) is 24.9. The van der Waals surface area contributed by atoms with Crippen molar-refractivity contribution in [1.29, 1.82) is 0 Å². The third-order valence-corrected chi connectivity index (χ3v) is 4.99. The predicted molar refractivity (Wildman–Crippen MR) is 120 cm³/mol. The second kappa shape index (κ2) is 23.6. The van der Waals surface area contributed by atoms with Crippen LogP contribution in [0.5, 0.6) is 0 Å². The van der Waals surface area contributed by atoms with Crippen LogP contribution in [-0.2, 0) is 15.2 Å². The van der Waals surface area contributed by atoms with Crippen LogP contribution in [0.25, 0.3) is 0 Å². The van der Waals surface area contributed by atoms with Gasteiger partial charge in [0.1, 0.15) is 0 Å². The van der Waals surface area contributed by atoms with Gasteiger partial charge in [0.25, 0.3) is 0 Å². The third kappa shape index (κ3) is 42.4. The van der Waals surface area contributed by atoms with E-state index in [4.69, 9.17) is 22.6 Å². The van der Waals surface area contributed by atoms with E-state index in [1.54, 1.807) is 0 Å². The first-order chi connectivity index (χ1) is 13.8. The van der Waals surface area contributed by atoms with Crippen LogP contribution in [0.4, 0.5) is 0 Å². The van der Waals surface area contributed by atoms with Gasteiger partial charge in [0, 0.05) is 6.42 Å². The van der Waals surface area contributed by atoms with Gasteiger partial charge in [-0.3, -0.25) is 13.9 Å². The van der Waals surface area contributed by atoms with Gasteiger partial charge in [-0.1, -0.05) is 122 Å². The number of hydrogen-bond donors (Lipinski definition) is 3. The highest BCUT2D eigenvalue weighted by Gasteiger charge is 1.97. The largest absolute Gasteiger partial charge is 0.481 e. The van der Waals surface area contributed by atoms with Gasteiger partial charge in [0.15, 0.2) is 0 Å². The number of hydrogen-bond acceptors (Lipinski definition) is 3. The summed E-state index contributed by atoms with van der Waals surface area (Å²) in [5, 5.41) is 8.56. The first-order valence-electron chi connectivity index (χ1n) is 11.7. The van der Waals surface area contributed by atoms with Crippen LogP contribution in [0.15, 0.2) is 0 Å². The zero-order valence-electron chi connectivity index (χ0n) is 18.6. The lowest BCUT2D eigenvalue weighted by molar-refractivity contribution is -0.137. The quantitative estimate of drug-likeness (QED) is 0.136. The van der Waals surface area contributed by atoms with Gasteiger partial charge in [0.05, 0.1) is 0 Å². The van der Waals surface area contributed by atoms with Crippen LogP contribution in [-0.4, -0.2) is 28.6 Å². The molecule has 0 saturated heterocycles. The smallest absolute Gasteiger partial charge is 0.394 e.